The molecular formula is C45H82O4. The highest BCUT2D eigenvalue weighted by molar-refractivity contribution is 5.66. The molecule has 0 aliphatic heterocycles. The smallest absolute Gasteiger partial charge is 0.303 e. The van der Waals surface area contributed by atoms with Crippen molar-refractivity contribution in [1.82, 2.24) is 0 Å². The maximum Gasteiger partial charge on any atom is 0.303 e. The van der Waals surface area contributed by atoms with Crippen molar-refractivity contribution < 1.29 is 20.1 Å². The van der Waals surface area contributed by atoms with Gasteiger partial charge in [0, 0.05) is 6.42 Å². The Balaban J connectivity index is 0.000000279. The summed E-state index contributed by atoms with van der Waals surface area (Å²) in [4.78, 5) is 10.3. The van der Waals surface area contributed by atoms with E-state index in [1.807, 2.05) is 0 Å². The molecule has 0 spiro atoms. The van der Waals surface area contributed by atoms with Gasteiger partial charge in [0.05, 0.1) is 12.2 Å². The molecule has 0 heterocycles. The van der Waals surface area contributed by atoms with Crippen molar-refractivity contribution >= 4 is 5.97 Å². The van der Waals surface area contributed by atoms with Gasteiger partial charge < -0.3 is 15.3 Å². The highest BCUT2D eigenvalue weighted by Crippen LogP contribution is 2.67. The first kappa shape index (κ1) is 42.5. The minimum Gasteiger partial charge on any atom is -0.481 e. The number of fused-ring (bicyclic) bond motifs is 5. The summed E-state index contributed by atoms with van der Waals surface area (Å²) in [5.41, 5.74) is 2.60. The molecular weight excluding hydrogens is 604 g/mol. The Bertz CT molecular complexity index is 958. The van der Waals surface area contributed by atoms with Crippen LogP contribution in [0.5, 0.6) is 0 Å². The number of hydrogen-bond acceptors (Lipinski definition) is 3. The summed E-state index contributed by atoms with van der Waals surface area (Å²) in [7, 11) is 0. The first-order valence-electron chi connectivity index (χ1n) is 21.7. The number of aliphatic carboxylic acids is 1. The van der Waals surface area contributed by atoms with E-state index in [0.717, 1.165) is 86.9 Å². The molecule has 0 aromatic heterocycles. The van der Waals surface area contributed by atoms with E-state index in [4.69, 9.17) is 5.11 Å². The van der Waals surface area contributed by atoms with Crippen LogP contribution in [-0.2, 0) is 4.79 Å². The van der Waals surface area contributed by atoms with Crippen LogP contribution in [0, 0.1) is 46.3 Å². The van der Waals surface area contributed by atoms with Crippen LogP contribution in [0.15, 0.2) is 11.6 Å². The fraction of sp³-hybridized carbons (Fsp3) is 0.933. The molecule has 4 rings (SSSR count). The number of carbonyl (C=O) groups is 1. The Morgan fingerprint density at radius 2 is 1.41 bits per heavy atom. The minimum absolute atomic E-state index is 0.0766. The zero-order chi connectivity index (χ0) is 35.9. The Labute approximate surface area is 304 Å². The highest BCUT2D eigenvalue weighted by atomic mass is 16.4. The number of carboxylic acids is 1. The molecule has 3 fully saturated rings. The molecule has 49 heavy (non-hydrogen) atoms. The van der Waals surface area contributed by atoms with Crippen LogP contribution in [0.2, 0.25) is 0 Å². The second kappa shape index (κ2) is 21.6. The van der Waals surface area contributed by atoms with Gasteiger partial charge in [0.2, 0.25) is 0 Å². The second-order valence-corrected chi connectivity index (χ2v) is 18.5. The third-order valence-corrected chi connectivity index (χ3v) is 14.3. The maximum atomic E-state index is 10.3. The highest BCUT2D eigenvalue weighted by Gasteiger charge is 2.59. The summed E-state index contributed by atoms with van der Waals surface area (Å²) in [6, 6.07) is 0. The van der Waals surface area contributed by atoms with E-state index in [1.165, 1.54) is 109 Å². The Kier molecular flexibility index (Phi) is 18.8. The van der Waals surface area contributed by atoms with Crippen LogP contribution in [0.3, 0.4) is 0 Å². The van der Waals surface area contributed by atoms with Crippen LogP contribution in [0.25, 0.3) is 0 Å². The van der Waals surface area contributed by atoms with Crippen LogP contribution >= 0.6 is 0 Å². The summed E-state index contributed by atoms with van der Waals surface area (Å²) in [6.07, 6.45) is 33.4. The molecule has 0 bridgehead atoms. The summed E-state index contributed by atoms with van der Waals surface area (Å²) in [6.45, 7) is 14.8. The zero-order valence-corrected chi connectivity index (χ0v) is 33.3. The molecule has 1 unspecified atom stereocenters. The van der Waals surface area contributed by atoms with Crippen molar-refractivity contribution in [3.8, 4) is 0 Å². The van der Waals surface area contributed by atoms with Gasteiger partial charge in [0.15, 0.2) is 0 Å². The average Bonchev–Trinajstić information content (AvgIpc) is 3.41. The fourth-order valence-electron chi connectivity index (χ4n) is 11.3. The van der Waals surface area contributed by atoms with Crippen LogP contribution in [-0.4, -0.2) is 33.5 Å². The Morgan fingerprint density at radius 3 is 2.04 bits per heavy atom. The predicted molar refractivity (Wildman–Crippen MR) is 208 cm³/mol. The number of allylic oxidation sites excluding steroid dienone is 1. The topological polar surface area (TPSA) is 77.8 Å². The molecule has 3 saturated carbocycles. The minimum atomic E-state index is -0.678. The lowest BCUT2D eigenvalue weighted by atomic mass is 9.47. The summed E-state index contributed by atoms with van der Waals surface area (Å²) >= 11 is 0. The van der Waals surface area contributed by atoms with Crippen molar-refractivity contribution in [3.63, 3.8) is 0 Å². The molecule has 0 saturated heterocycles. The predicted octanol–water partition coefficient (Wildman–Crippen LogP) is 12.7. The summed E-state index contributed by atoms with van der Waals surface area (Å²) in [5, 5.41) is 28.6. The van der Waals surface area contributed by atoms with Gasteiger partial charge in [-0.2, -0.15) is 0 Å². The average molecular weight is 687 g/mol. The molecule has 0 aromatic carbocycles. The van der Waals surface area contributed by atoms with Crippen molar-refractivity contribution in [2.24, 2.45) is 46.3 Å². The first-order valence-corrected chi connectivity index (χ1v) is 21.7. The third-order valence-electron chi connectivity index (χ3n) is 14.3. The lowest BCUT2D eigenvalue weighted by molar-refractivity contribution is -0.137. The Morgan fingerprint density at radius 1 is 0.776 bits per heavy atom. The van der Waals surface area contributed by atoms with Gasteiger partial charge >= 0.3 is 5.97 Å². The third kappa shape index (κ3) is 12.9. The molecule has 9 atom stereocenters. The molecule has 4 aliphatic carbocycles. The monoisotopic (exact) mass is 687 g/mol. The molecule has 0 radical (unpaired) electrons. The van der Waals surface area contributed by atoms with Gasteiger partial charge in [-0.3, -0.25) is 4.79 Å². The number of carboxylic acid groups (broad SMARTS) is 1. The molecule has 0 aromatic rings. The van der Waals surface area contributed by atoms with Gasteiger partial charge in [-0.15, -0.1) is 0 Å². The lowest BCUT2D eigenvalue weighted by Gasteiger charge is -2.58. The molecule has 4 aliphatic rings. The molecule has 3 N–H and O–H groups in total. The maximum absolute atomic E-state index is 10.3. The van der Waals surface area contributed by atoms with E-state index in [1.54, 1.807) is 5.57 Å². The van der Waals surface area contributed by atoms with Crippen molar-refractivity contribution in [1.29, 1.82) is 0 Å². The summed E-state index contributed by atoms with van der Waals surface area (Å²) in [5.74, 6) is 4.78. The van der Waals surface area contributed by atoms with Gasteiger partial charge in [0.1, 0.15) is 0 Å². The number of unbranched alkanes of at least 4 members (excludes halogenated alkanes) is 10. The second-order valence-electron chi connectivity index (χ2n) is 18.5. The number of aliphatic hydroxyl groups excluding tert-OH is 2. The lowest BCUT2D eigenvalue weighted by Crippen LogP contribution is -2.50. The quantitative estimate of drug-likeness (QED) is 0.0829. The SMILES string of the molecule is CC(C)CCC[C@@H](C)[C@H]1CC[C@H]2[C@@H]3CC=C4C[C@@H](O)CC[C@]4(C)[C@H]3CC[C@]12C.CCCCCCC(O)CCCCCCCCCCC(=O)O. The normalized spacial score (nSPS) is 31.9. The standard InChI is InChI=1S/C27H46O.C18H36O3/c1-18(2)7-6-8-19(3)23-11-12-24-22-10-9-20-17-21(28)13-15-26(20,4)25(22)14-16-27(23,24)5;1-2-3-4-11-14-17(19)15-12-9-7-5-6-8-10-13-16-18(20)21/h9,18-19,21-25,28H,6-8,10-17H2,1-5H3;17,19H,2-16H2,1H3,(H,20,21)/t19-,21+,22+,23-,24+,25+,26+,27-;/m1./s1. The molecule has 4 nitrogen and oxygen atoms in total. The number of aliphatic hydroxyl groups is 2. The van der Waals surface area contributed by atoms with Crippen LogP contribution in [0.1, 0.15) is 208 Å². The largest absolute Gasteiger partial charge is 0.481 e. The Hall–Kier alpha value is -0.870. The van der Waals surface area contributed by atoms with E-state index in [2.05, 4.69) is 47.6 Å². The van der Waals surface area contributed by atoms with Crippen LogP contribution < -0.4 is 0 Å². The van der Waals surface area contributed by atoms with Gasteiger partial charge in [-0.05, 0) is 117 Å². The van der Waals surface area contributed by atoms with E-state index >= 15 is 0 Å². The molecule has 286 valence electrons. The van der Waals surface area contributed by atoms with E-state index in [0.29, 0.717) is 17.3 Å². The van der Waals surface area contributed by atoms with E-state index < -0.39 is 5.97 Å². The van der Waals surface area contributed by atoms with Crippen LogP contribution in [0.4, 0.5) is 0 Å². The first-order chi connectivity index (χ1) is 23.4. The fourth-order valence-corrected chi connectivity index (χ4v) is 11.3. The van der Waals surface area contributed by atoms with Crippen molar-refractivity contribution in [2.75, 3.05) is 0 Å². The van der Waals surface area contributed by atoms with E-state index in [-0.39, 0.29) is 12.2 Å². The van der Waals surface area contributed by atoms with Gasteiger partial charge in [0.25, 0.3) is 0 Å². The van der Waals surface area contributed by atoms with Gasteiger partial charge in [-0.1, -0.05) is 143 Å². The number of hydrogen-bond donors (Lipinski definition) is 3. The summed E-state index contributed by atoms with van der Waals surface area (Å²) < 4.78 is 0. The molecule has 0 amide bonds. The van der Waals surface area contributed by atoms with E-state index in [9.17, 15) is 15.0 Å². The zero-order valence-electron chi connectivity index (χ0n) is 33.3. The molecule has 4 heteroatoms. The number of rotatable bonds is 21. The van der Waals surface area contributed by atoms with Gasteiger partial charge in [-0.25, -0.2) is 0 Å². The van der Waals surface area contributed by atoms with Crippen molar-refractivity contribution in [3.05, 3.63) is 11.6 Å². The van der Waals surface area contributed by atoms with Crippen molar-refractivity contribution in [2.45, 2.75) is 221 Å².